The first-order chi connectivity index (χ1) is 6.46. The van der Waals surface area contributed by atoms with E-state index < -0.39 is 8.07 Å². The van der Waals surface area contributed by atoms with Crippen molar-refractivity contribution in [2.75, 3.05) is 0 Å². The SMILES string of the molecule is C=CC([C@@H]1CCCC[C@H]1O)[Si](C)(C)C. The maximum atomic E-state index is 10.0. The second-order valence-corrected chi connectivity index (χ2v) is 11.0. The van der Waals surface area contributed by atoms with Gasteiger partial charge in [0, 0.05) is 0 Å². The molecule has 0 aromatic rings. The summed E-state index contributed by atoms with van der Waals surface area (Å²) in [6, 6.07) is 0. The molecule has 0 spiro atoms. The van der Waals surface area contributed by atoms with Crippen LogP contribution < -0.4 is 0 Å². The quantitative estimate of drug-likeness (QED) is 0.561. The van der Waals surface area contributed by atoms with Gasteiger partial charge in [0.05, 0.1) is 14.2 Å². The van der Waals surface area contributed by atoms with Gasteiger partial charge >= 0.3 is 0 Å². The summed E-state index contributed by atoms with van der Waals surface area (Å²) in [4.78, 5) is 0. The van der Waals surface area contributed by atoms with Crippen molar-refractivity contribution < 1.29 is 5.11 Å². The standard InChI is InChI=1S/C12H24OSi/c1-5-12(14(2,3)4)10-8-6-7-9-11(10)13/h5,10-13H,1,6-9H2,2-4H3/t10-,11-,12?/m1/s1. The maximum Gasteiger partial charge on any atom is 0.0571 e. The lowest BCUT2D eigenvalue weighted by Gasteiger charge is -2.38. The minimum absolute atomic E-state index is 0.0709. The fourth-order valence-corrected chi connectivity index (χ4v) is 5.11. The van der Waals surface area contributed by atoms with Gasteiger partial charge in [-0.1, -0.05) is 38.6 Å². The molecule has 0 saturated heterocycles. The first-order valence-corrected chi connectivity index (χ1v) is 9.35. The highest BCUT2D eigenvalue weighted by Gasteiger charge is 2.36. The topological polar surface area (TPSA) is 20.2 Å². The van der Waals surface area contributed by atoms with E-state index in [1.165, 1.54) is 19.3 Å². The van der Waals surface area contributed by atoms with E-state index in [4.69, 9.17) is 0 Å². The molecule has 0 radical (unpaired) electrons. The third kappa shape index (κ3) is 2.70. The summed E-state index contributed by atoms with van der Waals surface area (Å²) in [6.45, 7) is 11.1. The van der Waals surface area contributed by atoms with Crippen LogP contribution in [0.2, 0.25) is 25.2 Å². The molecular formula is C12H24OSi. The third-order valence-corrected chi connectivity index (χ3v) is 6.16. The molecule has 0 heterocycles. The lowest BCUT2D eigenvalue weighted by atomic mass is 9.84. The zero-order chi connectivity index (χ0) is 10.8. The summed E-state index contributed by atoms with van der Waals surface area (Å²) in [5.74, 6) is 0.493. The van der Waals surface area contributed by atoms with Crippen LogP contribution in [0.25, 0.3) is 0 Å². The highest BCUT2D eigenvalue weighted by Crippen LogP contribution is 2.40. The van der Waals surface area contributed by atoms with Gasteiger partial charge in [-0.25, -0.2) is 0 Å². The zero-order valence-corrected chi connectivity index (χ0v) is 10.8. The molecule has 2 heteroatoms. The van der Waals surface area contributed by atoms with Crippen LogP contribution in [-0.2, 0) is 0 Å². The Morgan fingerprint density at radius 1 is 1.29 bits per heavy atom. The molecule has 0 aromatic carbocycles. The molecule has 1 aliphatic rings. The monoisotopic (exact) mass is 212 g/mol. The van der Waals surface area contributed by atoms with Crippen molar-refractivity contribution in [3.8, 4) is 0 Å². The van der Waals surface area contributed by atoms with Crippen LogP contribution in [0.15, 0.2) is 12.7 Å². The van der Waals surface area contributed by atoms with Gasteiger partial charge in [-0.15, -0.1) is 6.58 Å². The molecule has 82 valence electrons. The molecular weight excluding hydrogens is 188 g/mol. The molecule has 0 amide bonds. The number of aliphatic hydroxyl groups excluding tert-OH is 1. The lowest BCUT2D eigenvalue weighted by Crippen LogP contribution is -2.38. The van der Waals surface area contributed by atoms with E-state index in [2.05, 4.69) is 32.3 Å². The van der Waals surface area contributed by atoms with Crippen molar-refractivity contribution in [3.05, 3.63) is 12.7 Å². The van der Waals surface area contributed by atoms with E-state index in [0.717, 1.165) is 6.42 Å². The molecule has 1 rings (SSSR count). The van der Waals surface area contributed by atoms with Crippen molar-refractivity contribution in [1.82, 2.24) is 0 Å². The van der Waals surface area contributed by atoms with Crippen LogP contribution in [0.3, 0.4) is 0 Å². The van der Waals surface area contributed by atoms with E-state index in [1.807, 2.05) is 0 Å². The number of allylic oxidation sites excluding steroid dienone is 1. The minimum Gasteiger partial charge on any atom is -0.393 e. The van der Waals surface area contributed by atoms with Crippen LogP contribution in [0.4, 0.5) is 0 Å². The molecule has 1 N–H and O–H groups in total. The Hall–Kier alpha value is -0.0831. The van der Waals surface area contributed by atoms with Crippen molar-refractivity contribution >= 4 is 8.07 Å². The average Bonchev–Trinajstić information content (AvgIpc) is 2.07. The molecule has 1 saturated carbocycles. The largest absolute Gasteiger partial charge is 0.393 e. The van der Waals surface area contributed by atoms with Gasteiger partial charge in [0.1, 0.15) is 0 Å². The Labute approximate surface area is 89.2 Å². The predicted molar refractivity (Wildman–Crippen MR) is 65.3 cm³/mol. The Balaban J connectivity index is 2.72. The fraction of sp³-hybridized carbons (Fsp3) is 0.833. The van der Waals surface area contributed by atoms with E-state index in [1.54, 1.807) is 0 Å². The first-order valence-electron chi connectivity index (χ1n) is 5.77. The fourth-order valence-electron chi connectivity index (χ4n) is 2.73. The molecule has 14 heavy (non-hydrogen) atoms. The maximum absolute atomic E-state index is 10.0. The molecule has 1 fully saturated rings. The van der Waals surface area contributed by atoms with Crippen LogP contribution in [0.1, 0.15) is 25.7 Å². The summed E-state index contributed by atoms with van der Waals surface area (Å²) in [5.41, 5.74) is 0.581. The minimum atomic E-state index is -1.19. The summed E-state index contributed by atoms with van der Waals surface area (Å²) in [6.07, 6.45) is 6.72. The number of rotatable bonds is 3. The van der Waals surface area contributed by atoms with Crippen molar-refractivity contribution in [2.45, 2.75) is 57.0 Å². The van der Waals surface area contributed by atoms with Crippen LogP contribution in [0, 0.1) is 5.92 Å². The Morgan fingerprint density at radius 2 is 1.86 bits per heavy atom. The first kappa shape index (κ1) is 12.0. The molecule has 0 bridgehead atoms. The second kappa shape index (κ2) is 4.62. The van der Waals surface area contributed by atoms with E-state index in [9.17, 15) is 5.11 Å². The van der Waals surface area contributed by atoms with Gasteiger partial charge in [0.15, 0.2) is 0 Å². The molecule has 1 nitrogen and oxygen atoms in total. The second-order valence-electron chi connectivity index (χ2n) is 5.64. The summed E-state index contributed by atoms with van der Waals surface area (Å²) in [5, 5.41) is 10.0. The third-order valence-electron chi connectivity index (χ3n) is 3.50. The van der Waals surface area contributed by atoms with Crippen LogP contribution in [-0.4, -0.2) is 19.3 Å². The van der Waals surface area contributed by atoms with Crippen LogP contribution >= 0.6 is 0 Å². The normalized spacial score (nSPS) is 31.1. The zero-order valence-electron chi connectivity index (χ0n) is 9.79. The lowest BCUT2D eigenvalue weighted by molar-refractivity contribution is 0.0705. The van der Waals surface area contributed by atoms with Gasteiger partial charge < -0.3 is 5.11 Å². The van der Waals surface area contributed by atoms with E-state index in [0.29, 0.717) is 11.5 Å². The van der Waals surface area contributed by atoms with Crippen molar-refractivity contribution in [1.29, 1.82) is 0 Å². The molecule has 0 aliphatic heterocycles. The summed E-state index contributed by atoms with van der Waals surface area (Å²) >= 11 is 0. The smallest absolute Gasteiger partial charge is 0.0571 e. The molecule has 1 aliphatic carbocycles. The van der Waals surface area contributed by atoms with Crippen molar-refractivity contribution in [3.63, 3.8) is 0 Å². The number of aliphatic hydroxyl groups is 1. The Kier molecular flexibility index (Phi) is 3.96. The summed E-state index contributed by atoms with van der Waals surface area (Å²) in [7, 11) is -1.19. The predicted octanol–water partition coefficient (Wildman–Crippen LogP) is 3.43. The highest BCUT2D eigenvalue weighted by atomic mass is 28.3. The highest BCUT2D eigenvalue weighted by molar-refractivity contribution is 6.78. The Morgan fingerprint density at radius 3 is 2.29 bits per heavy atom. The molecule has 3 atom stereocenters. The molecule has 0 aromatic heterocycles. The number of hydrogen-bond donors (Lipinski definition) is 1. The molecule has 1 unspecified atom stereocenters. The van der Waals surface area contributed by atoms with Gasteiger partial charge in [-0.3, -0.25) is 0 Å². The average molecular weight is 212 g/mol. The van der Waals surface area contributed by atoms with Gasteiger partial charge in [-0.05, 0) is 24.3 Å². The van der Waals surface area contributed by atoms with Gasteiger partial charge in [0.2, 0.25) is 0 Å². The van der Waals surface area contributed by atoms with Crippen molar-refractivity contribution in [2.24, 2.45) is 5.92 Å². The summed E-state index contributed by atoms with van der Waals surface area (Å²) < 4.78 is 0. The van der Waals surface area contributed by atoms with Gasteiger partial charge in [0.25, 0.3) is 0 Å². The van der Waals surface area contributed by atoms with Gasteiger partial charge in [-0.2, -0.15) is 0 Å². The van der Waals surface area contributed by atoms with Crippen LogP contribution in [0.5, 0.6) is 0 Å². The number of hydrogen-bond acceptors (Lipinski definition) is 1. The Bertz CT molecular complexity index is 195. The van der Waals surface area contributed by atoms with E-state index >= 15 is 0 Å². The van der Waals surface area contributed by atoms with E-state index in [-0.39, 0.29) is 6.10 Å².